The van der Waals surface area contributed by atoms with Crippen LogP contribution in [0.2, 0.25) is 0 Å². The van der Waals surface area contributed by atoms with Gasteiger partial charge in [0.1, 0.15) is 5.00 Å². The molecule has 0 aromatic carbocycles. The van der Waals surface area contributed by atoms with Crippen molar-refractivity contribution in [3.8, 4) is 0 Å². The Hall–Kier alpha value is -2.68. The third-order valence-corrected chi connectivity index (χ3v) is 4.73. The zero-order valence-corrected chi connectivity index (χ0v) is 15.9. The molecule has 0 radical (unpaired) electrons. The Morgan fingerprint density at radius 2 is 1.81 bits per heavy atom. The Bertz CT molecular complexity index is 797. The van der Waals surface area contributed by atoms with Gasteiger partial charge in [0.2, 0.25) is 0 Å². The number of hydrogen-bond acceptors (Lipinski definition) is 9. The summed E-state index contributed by atoms with van der Waals surface area (Å²) in [6, 6.07) is 0. The van der Waals surface area contributed by atoms with Gasteiger partial charge in [-0.05, 0) is 26.3 Å². The Labute approximate surface area is 154 Å². The molecule has 1 aromatic rings. The fraction of sp³-hybridized carbons (Fsp3) is 0.412. The van der Waals surface area contributed by atoms with Crippen LogP contribution in [0.3, 0.4) is 0 Å². The average Bonchev–Trinajstić information content (AvgIpc) is 2.82. The van der Waals surface area contributed by atoms with Gasteiger partial charge < -0.3 is 19.5 Å². The second-order valence-electron chi connectivity index (χ2n) is 5.92. The lowest BCUT2D eigenvalue weighted by Crippen LogP contribution is -2.42. The average molecular weight is 381 g/mol. The van der Waals surface area contributed by atoms with Gasteiger partial charge in [0.25, 0.3) is 5.79 Å². The van der Waals surface area contributed by atoms with Crippen molar-refractivity contribution in [2.45, 2.75) is 40.4 Å². The summed E-state index contributed by atoms with van der Waals surface area (Å²) in [5, 5.41) is 3.01. The van der Waals surface area contributed by atoms with E-state index < -0.39 is 23.7 Å². The summed E-state index contributed by atoms with van der Waals surface area (Å²) in [5.41, 5.74) is 0.295. The lowest BCUT2D eigenvalue weighted by molar-refractivity contribution is -0.222. The highest BCUT2D eigenvalue weighted by molar-refractivity contribution is 7.18. The minimum absolute atomic E-state index is 0.164. The smallest absolute Gasteiger partial charge is 0.350 e. The van der Waals surface area contributed by atoms with Gasteiger partial charge in [0, 0.05) is 20.0 Å². The molecule has 0 amide bonds. The van der Waals surface area contributed by atoms with Gasteiger partial charge in [-0.2, -0.15) is 0 Å². The highest BCUT2D eigenvalue weighted by atomic mass is 32.1. The van der Waals surface area contributed by atoms with E-state index in [0.29, 0.717) is 10.4 Å². The summed E-state index contributed by atoms with van der Waals surface area (Å²) in [5.74, 6) is -3.86. The maximum Gasteiger partial charge on any atom is 0.350 e. The number of nitrogens with one attached hydrogen (secondary N) is 1. The third-order valence-electron chi connectivity index (χ3n) is 3.41. The van der Waals surface area contributed by atoms with Crippen LogP contribution in [-0.4, -0.2) is 36.1 Å². The molecule has 9 heteroatoms. The van der Waals surface area contributed by atoms with Crippen molar-refractivity contribution in [3.05, 3.63) is 27.8 Å². The van der Waals surface area contributed by atoms with Gasteiger partial charge in [-0.15, -0.1) is 11.3 Å². The molecular weight excluding hydrogens is 362 g/mol. The normalized spacial score (nSPS) is 15.8. The molecule has 1 fully saturated rings. The first-order valence-electron chi connectivity index (χ1n) is 7.82. The van der Waals surface area contributed by atoms with E-state index >= 15 is 0 Å². The number of thiophene rings is 1. The van der Waals surface area contributed by atoms with E-state index in [-0.39, 0.29) is 28.5 Å². The van der Waals surface area contributed by atoms with Crippen molar-refractivity contribution in [1.82, 2.24) is 0 Å². The van der Waals surface area contributed by atoms with E-state index in [1.54, 1.807) is 13.8 Å². The molecule has 26 heavy (non-hydrogen) atoms. The van der Waals surface area contributed by atoms with E-state index in [9.17, 15) is 19.2 Å². The molecule has 0 saturated carbocycles. The minimum atomic E-state index is -1.34. The monoisotopic (exact) mass is 381 g/mol. The Kier molecular flexibility index (Phi) is 5.50. The number of ether oxygens (including phenoxy) is 3. The fourth-order valence-electron chi connectivity index (χ4n) is 2.32. The lowest BCUT2D eigenvalue weighted by Gasteiger charge is -2.29. The van der Waals surface area contributed by atoms with Gasteiger partial charge in [-0.1, -0.05) is 0 Å². The molecule has 1 aromatic heterocycles. The lowest BCUT2D eigenvalue weighted by atomic mass is 10.1. The second kappa shape index (κ2) is 7.28. The molecule has 0 aliphatic carbocycles. The third kappa shape index (κ3) is 3.93. The summed E-state index contributed by atoms with van der Waals surface area (Å²) in [6.07, 6.45) is 1.10. The summed E-state index contributed by atoms with van der Waals surface area (Å²) in [6.45, 7) is 7.72. The number of ketones is 1. The van der Waals surface area contributed by atoms with Crippen LogP contribution in [0.25, 0.3) is 0 Å². The van der Waals surface area contributed by atoms with Crippen molar-refractivity contribution in [1.29, 1.82) is 0 Å². The number of hydrogen-bond donors (Lipinski definition) is 1. The summed E-state index contributed by atoms with van der Waals surface area (Å²) >= 11 is 1.03. The molecule has 2 rings (SSSR count). The standard InChI is InChI=1S/C17H19NO7S/c1-6-23-16(22)11-8(2)12(9(3)19)26-13(11)18-7-10-14(20)24-17(4,5)25-15(10)21/h7,18H,6H2,1-5H3. The maximum absolute atomic E-state index is 12.2. The molecule has 1 N–H and O–H groups in total. The largest absolute Gasteiger partial charge is 0.462 e. The Morgan fingerprint density at radius 3 is 2.31 bits per heavy atom. The zero-order chi connectivity index (χ0) is 19.6. The molecular formula is C17H19NO7S. The van der Waals surface area contributed by atoms with E-state index in [2.05, 4.69) is 5.32 Å². The summed E-state index contributed by atoms with van der Waals surface area (Å²) in [7, 11) is 0. The zero-order valence-electron chi connectivity index (χ0n) is 15.1. The van der Waals surface area contributed by atoms with Crippen LogP contribution in [0.15, 0.2) is 11.8 Å². The van der Waals surface area contributed by atoms with Gasteiger partial charge in [0.05, 0.1) is 17.0 Å². The topological polar surface area (TPSA) is 108 Å². The molecule has 0 bridgehead atoms. The molecule has 1 aliphatic heterocycles. The van der Waals surface area contributed by atoms with Crippen LogP contribution in [0.4, 0.5) is 5.00 Å². The van der Waals surface area contributed by atoms with E-state index in [1.807, 2.05) is 0 Å². The molecule has 1 saturated heterocycles. The molecule has 8 nitrogen and oxygen atoms in total. The van der Waals surface area contributed by atoms with Gasteiger partial charge >= 0.3 is 17.9 Å². The first kappa shape index (κ1) is 19.6. The van der Waals surface area contributed by atoms with Crippen LogP contribution < -0.4 is 5.32 Å². The Morgan fingerprint density at radius 1 is 1.23 bits per heavy atom. The van der Waals surface area contributed by atoms with Crippen molar-refractivity contribution in [2.75, 3.05) is 11.9 Å². The molecule has 1 aliphatic rings. The number of cyclic esters (lactones) is 2. The number of esters is 3. The molecule has 2 heterocycles. The quantitative estimate of drug-likeness (QED) is 0.359. The van der Waals surface area contributed by atoms with Gasteiger partial charge in [-0.3, -0.25) is 4.79 Å². The van der Waals surface area contributed by atoms with Crippen molar-refractivity contribution >= 4 is 40.0 Å². The first-order chi connectivity index (χ1) is 12.1. The molecule has 140 valence electrons. The van der Waals surface area contributed by atoms with Crippen LogP contribution in [-0.2, 0) is 23.8 Å². The van der Waals surface area contributed by atoms with Crippen molar-refractivity contribution < 1.29 is 33.4 Å². The first-order valence-corrected chi connectivity index (χ1v) is 8.63. The second-order valence-corrected chi connectivity index (χ2v) is 6.94. The predicted octanol–water partition coefficient (Wildman–Crippen LogP) is 2.57. The molecule has 0 spiro atoms. The number of anilines is 1. The van der Waals surface area contributed by atoms with E-state index in [0.717, 1.165) is 17.5 Å². The highest BCUT2D eigenvalue weighted by Crippen LogP contribution is 2.34. The van der Waals surface area contributed by atoms with E-state index in [1.165, 1.54) is 20.8 Å². The SMILES string of the molecule is CCOC(=O)c1c(NC=C2C(=O)OC(C)(C)OC2=O)sc(C(C)=O)c1C. The van der Waals surface area contributed by atoms with Crippen molar-refractivity contribution in [2.24, 2.45) is 0 Å². The highest BCUT2D eigenvalue weighted by Gasteiger charge is 2.39. The summed E-state index contributed by atoms with van der Waals surface area (Å²) < 4.78 is 15.0. The van der Waals surface area contributed by atoms with Gasteiger partial charge in [0.15, 0.2) is 11.4 Å². The van der Waals surface area contributed by atoms with Crippen LogP contribution in [0.1, 0.15) is 53.3 Å². The van der Waals surface area contributed by atoms with E-state index in [4.69, 9.17) is 14.2 Å². The minimum Gasteiger partial charge on any atom is -0.462 e. The molecule has 0 unspecified atom stereocenters. The molecule has 0 atom stereocenters. The number of carbonyl (C=O) groups is 4. The Balaban J connectivity index is 2.38. The number of rotatable bonds is 5. The fourth-order valence-corrected chi connectivity index (χ4v) is 3.38. The van der Waals surface area contributed by atoms with Gasteiger partial charge in [-0.25, -0.2) is 14.4 Å². The van der Waals surface area contributed by atoms with Crippen LogP contribution >= 0.6 is 11.3 Å². The van der Waals surface area contributed by atoms with Crippen molar-refractivity contribution in [3.63, 3.8) is 0 Å². The number of carbonyl (C=O) groups excluding carboxylic acids is 4. The summed E-state index contributed by atoms with van der Waals surface area (Å²) in [4.78, 5) is 48.3. The predicted molar refractivity (Wildman–Crippen MR) is 93.0 cm³/mol. The van der Waals surface area contributed by atoms with Crippen LogP contribution in [0, 0.1) is 6.92 Å². The number of Topliss-reactive ketones (excluding diaryl/α,β-unsaturated/α-hetero) is 1. The van der Waals surface area contributed by atoms with Crippen LogP contribution in [0.5, 0.6) is 0 Å². The maximum atomic E-state index is 12.2.